The van der Waals surface area contributed by atoms with Crippen molar-refractivity contribution in [3.8, 4) is 11.5 Å². The summed E-state index contributed by atoms with van der Waals surface area (Å²) in [6.07, 6.45) is 1.64. The molecule has 0 bridgehead atoms. The number of aromatic amines is 1. The van der Waals surface area contributed by atoms with Gasteiger partial charge in [-0.05, 0) is 12.5 Å². The number of unbranched alkanes of at least 4 members (excludes halogenated alkanes) is 1. The number of benzene rings is 1. The quantitative estimate of drug-likeness (QED) is 0.694. The summed E-state index contributed by atoms with van der Waals surface area (Å²) in [6.45, 7) is 2.51. The maximum absolute atomic E-state index is 13.0. The zero-order valence-corrected chi connectivity index (χ0v) is 17.0. The first-order chi connectivity index (χ1) is 14.5. The van der Waals surface area contributed by atoms with Gasteiger partial charge >= 0.3 is 11.7 Å². The second-order valence-corrected chi connectivity index (χ2v) is 7.16. The molecule has 0 saturated carbocycles. The van der Waals surface area contributed by atoms with Crippen molar-refractivity contribution in [1.29, 1.82) is 0 Å². The predicted molar refractivity (Wildman–Crippen MR) is 109 cm³/mol. The van der Waals surface area contributed by atoms with E-state index in [0.29, 0.717) is 40.7 Å². The molecule has 1 aromatic carbocycles. The van der Waals surface area contributed by atoms with Crippen molar-refractivity contribution in [1.82, 2.24) is 9.55 Å². The molecule has 0 radical (unpaired) electrons. The number of methoxy groups -OCH3 is 2. The lowest BCUT2D eigenvalue weighted by Gasteiger charge is -2.29. The molecule has 0 fully saturated rings. The molecule has 4 rings (SSSR count). The first-order valence-corrected chi connectivity index (χ1v) is 9.76. The number of fused-ring (bicyclic) bond motifs is 1. The van der Waals surface area contributed by atoms with Gasteiger partial charge in [0, 0.05) is 18.2 Å². The van der Waals surface area contributed by atoms with Crippen LogP contribution >= 0.6 is 0 Å². The highest BCUT2D eigenvalue weighted by Gasteiger charge is 2.42. The number of ether oxygens (including phenoxy) is 3. The first kappa shape index (κ1) is 19.8. The third kappa shape index (κ3) is 3.06. The van der Waals surface area contributed by atoms with Gasteiger partial charge in [-0.1, -0.05) is 19.4 Å². The van der Waals surface area contributed by atoms with Gasteiger partial charge in [0.15, 0.2) is 0 Å². The number of hydrogen-bond donors (Lipinski definition) is 2. The normalized spacial score (nSPS) is 17.2. The highest BCUT2D eigenvalue weighted by atomic mass is 16.5. The van der Waals surface area contributed by atoms with Crippen molar-refractivity contribution >= 4 is 11.8 Å². The topological polar surface area (TPSA) is 112 Å². The van der Waals surface area contributed by atoms with E-state index < -0.39 is 23.1 Å². The average molecular weight is 413 g/mol. The highest BCUT2D eigenvalue weighted by molar-refractivity contribution is 5.97. The molecule has 158 valence electrons. The van der Waals surface area contributed by atoms with Crippen LogP contribution in [0.2, 0.25) is 0 Å². The molecule has 2 aromatic rings. The number of hydrogen-bond acceptors (Lipinski definition) is 7. The van der Waals surface area contributed by atoms with Crippen LogP contribution in [0, 0.1) is 0 Å². The van der Waals surface area contributed by atoms with Crippen molar-refractivity contribution in [2.45, 2.75) is 32.2 Å². The number of carbonyl (C=O) groups excluding carboxylic acids is 1. The number of aromatic nitrogens is 2. The van der Waals surface area contributed by atoms with E-state index in [9.17, 15) is 14.4 Å². The molecule has 0 saturated heterocycles. The van der Waals surface area contributed by atoms with Crippen LogP contribution in [0.4, 0.5) is 5.82 Å². The lowest BCUT2D eigenvalue weighted by molar-refractivity contribution is -0.136. The van der Waals surface area contributed by atoms with Crippen molar-refractivity contribution in [3.63, 3.8) is 0 Å². The van der Waals surface area contributed by atoms with Crippen molar-refractivity contribution < 1.29 is 19.0 Å². The van der Waals surface area contributed by atoms with Crippen molar-refractivity contribution in [2.24, 2.45) is 0 Å². The van der Waals surface area contributed by atoms with Crippen LogP contribution in [0.5, 0.6) is 11.5 Å². The van der Waals surface area contributed by atoms with Crippen LogP contribution in [0.1, 0.15) is 36.8 Å². The summed E-state index contributed by atoms with van der Waals surface area (Å²) < 4.78 is 17.6. The second kappa shape index (κ2) is 7.74. The molecule has 9 nitrogen and oxygen atoms in total. The summed E-state index contributed by atoms with van der Waals surface area (Å²) in [5, 5.41) is 3.12. The lowest BCUT2D eigenvalue weighted by atomic mass is 9.82. The maximum atomic E-state index is 13.0. The van der Waals surface area contributed by atoms with E-state index in [1.54, 1.807) is 25.3 Å². The van der Waals surface area contributed by atoms with Crippen LogP contribution in [0.25, 0.3) is 0 Å². The number of cyclic esters (lactones) is 1. The molecule has 30 heavy (non-hydrogen) atoms. The fourth-order valence-electron chi connectivity index (χ4n) is 3.99. The monoisotopic (exact) mass is 413 g/mol. The third-order valence-electron chi connectivity index (χ3n) is 5.46. The minimum Gasteiger partial charge on any atom is -0.497 e. The van der Waals surface area contributed by atoms with Gasteiger partial charge in [0.1, 0.15) is 23.9 Å². The Morgan fingerprint density at radius 3 is 2.70 bits per heavy atom. The molecule has 2 aliphatic heterocycles. The van der Waals surface area contributed by atoms with E-state index in [4.69, 9.17) is 14.2 Å². The molecule has 2 aliphatic rings. The number of esters is 1. The smallest absolute Gasteiger partial charge is 0.337 e. The van der Waals surface area contributed by atoms with Gasteiger partial charge in [-0.3, -0.25) is 14.3 Å². The van der Waals surface area contributed by atoms with Crippen LogP contribution in [0.15, 0.2) is 39.1 Å². The molecule has 0 spiro atoms. The van der Waals surface area contributed by atoms with E-state index in [1.807, 2.05) is 6.92 Å². The summed E-state index contributed by atoms with van der Waals surface area (Å²) >= 11 is 0. The van der Waals surface area contributed by atoms with Gasteiger partial charge < -0.3 is 19.5 Å². The number of rotatable bonds is 6. The highest BCUT2D eigenvalue weighted by Crippen LogP contribution is 2.45. The van der Waals surface area contributed by atoms with E-state index in [0.717, 1.165) is 12.8 Å². The lowest BCUT2D eigenvalue weighted by Crippen LogP contribution is -2.38. The number of H-pyrrole nitrogens is 1. The van der Waals surface area contributed by atoms with Crippen molar-refractivity contribution in [3.05, 3.63) is 61.4 Å². The number of anilines is 1. The molecular formula is C21H23N3O6. The largest absolute Gasteiger partial charge is 0.497 e. The Morgan fingerprint density at radius 1 is 1.20 bits per heavy atom. The standard InChI is InChI=1S/C21H23N3O6/c1-4-5-8-24-18-17(19(25)23-21(24)27)15(16-13(22-18)10-30-20(16)26)12-7-6-11(28-2)9-14(12)29-3/h6-7,9,15,22H,4-5,8,10H2,1-3H3,(H,23,25,27)/t15-/m0/s1. The Bertz CT molecular complexity index is 1160. The minimum atomic E-state index is -0.746. The van der Waals surface area contributed by atoms with Gasteiger partial charge in [-0.15, -0.1) is 0 Å². The SMILES string of the molecule is CCCCn1c2c(c(=O)[nH]c1=O)[C@@H](c1ccc(OC)cc1OC)C1=C(COC1=O)N2. The Labute approximate surface area is 172 Å². The van der Waals surface area contributed by atoms with Crippen LogP contribution in [-0.4, -0.2) is 36.3 Å². The van der Waals surface area contributed by atoms with E-state index >= 15 is 0 Å². The van der Waals surface area contributed by atoms with Crippen LogP contribution in [0.3, 0.4) is 0 Å². The third-order valence-corrected chi connectivity index (χ3v) is 5.46. The fraction of sp³-hybridized carbons (Fsp3) is 0.381. The van der Waals surface area contributed by atoms with Gasteiger partial charge in [-0.25, -0.2) is 9.59 Å². The Hall–Kier alpha value is -3.49. The fourth-order valence-corrected chi connectivity index (χ4v) is 3.99. The minimum absolute atomic E-state index is 0.0529. The molecule has 3 heterocycles. The molecule has 1 atom stereocenters. The van der Waals surface area contributed by atoms with E-state index in [1.165, 1.54) is 11.7 Å². The summed E-state index contributed by atoms with van der Waals surface area (Å²) in [4.78, 5) is 40.5. The Morgan fingerprint density at radius 2 is 2.00 bits per heavy atom. The molecular weight excluding hydrogens is 390 g/mol. The zero-order chi connectivity index (χ0) is 21.4. The molecule has 9 heteroatoms. The first-order valence-electron chi connectivity index (χ1n) is 9.76. The number of nitrogens with zero attached hydrogens (tertiary/aromatic N) is 1. The summed E-state index contributed by atoms with van der Waals surface area (Å²) in [6, 6.07) is 5.19. The number of nitrogens with one attached hydrogen (secondary N) is 2. The van der Waals surface area contributed by atoms with E-state index in [2.05, 4.69) is 10.3 Å². The Balaban J connectivity index is 2.00. The Kier molecular flexibility index (Phi) is 5.11. The number of carbonyl (C=O) groups is 1. The zero-order valence-electron chi connectivity index (χ0n) is 17.0. The second-order valence-electron chi connectivity index (χ2n) is 7.16. The van der Waals surface area contributed by atoms with Crippen molar-refractivity contribution in [2.75, 3.05) is 26.1 Å². The molecule has 0 amide bonds. The summed E-state index contributed by atoms with van der Waals surface area (Å²) in [5.74, 6) is 0.178. The summed E-state index contributed by atoms with van der Waals surface area (Å²) in [7, 11) is 3.05. The van der Waals surface area contributed by atoms with Gasteiger partial charge in [-0.2, -0.15) is 0 Å². The molecule has 0 unspecified atom stereocenters. The predicted octanol–water partition coefficient (Wildman–Crippen LogP) is 1.72. The van der Waals surface area contributed by atoms with E-state index in [-0.39, 0.29) is 12.2 Å². The molecule has 2 N–H and O–H groups in total. The molecule has 1 aromatic heterocycles. The van der Waals surface area contributed by atoms with Crippen LogP contribution in [-0.2, 0) is 16.1 Å². The van der Waals surface area contributed by atoms with Gasteiger partial charge in [0.05, 0.1) is 37.0 Å². The van der Waals surface area contributed by atoms with Crippen LogP contribution < -0.4 is 26.0 Å². The maximum Gasteiger partial charge on any atom is 0.337 e. The average Bonchev–Trinajstić information content (AvgIpc) is 3.12. The molecule has 0 aliphatic carbocycles. The van der Waals surface area contributed by atoms with Gasteiger partial charge in [0.2, 0.25) is 0 Å². The summed E-state index contributed by atoms with van der Waals surface area (Å²) in [5.41, 5.74) is 0.743. The van der Waals surface area contributed by atoms with Gasteiger partial charge in [0.25, 0.3) is 5.56 Å².